The van der Waals surface area contributed by atoms with Crippen molar-refractivity contribution in [1.82, 2.24) is 35.5 Å². The molecule has 1 aliphatic carbocycles. The molecule has 308 valence electrons. The lowest BCUT2D eigenvalue weighted by molar-refractivity contribution is -0.115. The number of amides is 2. The third-order valence-electron chi connectivity index (χ3n) is 11.8. The number of thiophene rings is 2. The minimum absolute atomic E-state index is 0.0559. The molecule has 15 heteroatoms. The van der Waals surface area contributed by atoms with Gasteiger partial charge in [-0.1, -0.05) is 12.0 Å². The molecule has 0 saturated carbocycles. The third kappa shape index (κ3) is 8.21. The zero-order valence-electron chi connectivity index (χ0n) is 33.9. The van der Waals surface area contributed by atoms with E-state index in [4.69, 9.17) is 17.2 Å². The van der Waals surface area contributed by atoms with E-state index in [2.05, 4.69) is 66.2 Å². The quantitative estimate of drug-likeness (QED) is 0.0582. The Hall–Kier alpha value is -5.40. The van der Waals surface area contributed by atoms with Gasteiger partial charge in [-0.2, -0.15) is 0 Å². The van der Waals surface area contributed by atoms with Crippen molar-refractivity contribution in [2.45, 2.75) is 83.8 Å². The van der Waals surface area contributed by atoms with Gasteiger partial charge in [-0.05, 0) is 131 Å². The lowest BCUT2D eigenvalue weighted by Gasteiger charge is -2.35. The van der Waals surface area contributed by atoms with E-state index in [-0.39, 0.29) is 22.3 Å². The summed E-state index contributed by atoms with van der Waals surface area (Å²) in [5, 5.41) is 14.8. The number of aromatic nitrogens is 4. The summed E-state index contributed by atoms with van der Waals surface area (Å²) in [6.07, 6.45) is 8.29. The van der Waals surface area contributed by atoms with Crippen molar-refractivity contribution < 1.29 is 9.59 Å². The van der Waals surface area contributed by atoms with Crippen LogP contribution in [-0.4, -0.2) is 75.6 Å². The van der Waals surface area contributed by atoms with Crippen LogP contribution in [0.1, 0.15) is 74.6 Å². The minimum atomic E-state index is -0.424. The number of nitrogens with one attached hydrogen (secondary N) is 5. The SMILES string of the molecule is Cc1ccnc(-n2c(=S)[nH]c3sc(C)c(C#CC(=O)NCCCCNc4c(C(=O)N[C@H]5CCc6cc(N7C[C@H]8CC[C@@H](C7)N8)ccc6C5)sc5nc(C)ccc45)c3c2=O)c1. The maximum Gasteiger partial charge on any atom is 0.296 e. The van der Waals surface area contributed by atoms with Crippen LogP contribution >= 0.6 is 34.9 Å². The molecule has 6 aromatic rings. The van der Waals surface area contributed by atoms with Crippen LogP contribution in [-0.2, 0) is 17.6 Å². The first-order chi connectivity index (χ1) is 29.1. The van der Waals surface area contributed by atoms with Crippen LogP contribution < -0.4 is 31.7 Å². The number of piperazine rings is 1. The molecule has 9 rings (SSSR count). The van der Waals surface area contributed by atoms with Crippen molar-refractivity contribution in [3.63, 3.8) is 0 Å². The van der Waals surface area contributed by atoms with E-state index in [9.17, 15) is 14.4 Å². The number of fused-ring (bicyclic) bond motifs is 5. The molecule has 2 saturated heterocycles. The Kier molecular flexibility index (Phi) is 11.3. The van der Waals surface area contributed by atoms with Crippen molar-refractivity contribution in [2.24, 2.45) is 0 Å². The molecule has 3 aliphatic rings. The van der Waals surface area contributed by atoms with E-state index < -0.39 is 5.91 Å². The van der Waals surface area contributed by atoms with Gasteiger partial charge in [0.2, 0.25) is 0 Å². The standard InChI is InChI=1S/C45H47N9O3S3/c1-25-16-19-46-36(20-25)54-44(57)38-34(27(3)59-43(38)52-45(54)58)14-15-37(55)47-17-4-5-18-48-39-35-13-6-26(2)49-42(35)60-40(39)41(56)51-30-9-7-29-22-33(12-8-28(29)21-30)53-23-31-10-11-32(24-53)50-31/h6,8,12-13,16,19-20,22,30-32,48,50H,4-5,7,9-11,17-18,21,23-24H2,1-3H3,(H,47,55)(H,51,56)(H,52,58)/t30-,31-,32+/m0/s1. The van der Waals surface area contributed by atoms with E-state index >= 15 is 0 Å². The van der Waals surface area contributed by atoms with E-state index in [1.54, 1.807) is 12.3 Å². The summed E-state index contributed by atoms with van der Waals surface area (Å²) >= 11 is 8.31. The summed E-state index contributed by atoms with van der Waals surface area (Å²) in [5.41, 5.74) is 6.86. The summed E-state index contributed by atoms with van der Waals surface area (Å²) in [7, 11) is 0. The average molecular weight is 858 g/mol. The maximum absolute atomic E-state index is 13.9. The zero-order valence-corrected chi connectivity index (χ0v) is 36.3. The number of hydrogen-bond acceptors (Lipinski definition) is 11. The van der Waals surface area contributed by atoms with Crippen molar-refractivity contribution in [1.29, 1.82) is 0 Å². The normalized spacial score (nSPS) is 18.2. The number of unbranched alkanes of at least 4 members (excludes halogenated alkanes) is 1. The Bertz CT molecular complexity index is 2840. The Morgan fingerprint density at radius 3 is 2.62 bits per heavy atom. The highest BCUT2D eigenvalue weighted by atomic mass is 32.1. The van der Waals surface area contributed by atoms with Gasteiger partial charge in [0, 0.05) is 78.1 Å². The van der Waals surface area contributed by atoms with Gasteiger partial charge in [-0.25, -0.2) is 14.5 Å². The van der Waals surface area contributed by atoms with E-state index in [0.29, 0.717) is 58.1 Å². The number of anilines is 2. The molecule has 0 unspecified atom stereocenters. The second kappa shape index (κ2) is 16.9. The number of rotatable bonds is 10. The number of pyridine rings is 2. The maximum atomic E-state index is 13.9. The van der Waals surface area contributed by atoms with Crippen LogP contribution in [0.5, 0.6) is 0 Å². The molecule has 1 aromatic carbocycles. The second-order valence-electron chi connectivity index (χ2n) is 16.2. The number of nitrogens with zero attached hydrogens (tertiary/aromatic N) is 4. The first-order valence-electron chi connectivity index (χ1n) is 20.7. The number of aromatic amines is 1. The zero-order chi connectivity index (χ0) is 41.5. The van der Waals surface area contributed by atoms with Crippen LogP contribution in [0.3, 0.4) is 0 Å². The first kappa shape index (κ1) is 40.0. The lowest BCUT2D eigenvalue weighted by Crippen LogP contribution is -2.51. The average Bonchev–Trinajstić information content (AvgIpc) is 3.88. The van der Waals surface area contributed by atoms with Gasteiger partial charge in [-0.15, -0.1) is 22.7 Å². The van der Waals surface area contributed by atoms with Gasteiger partial charge in [0.15, 0.2) is 4.77 Å². The molecule has 2 aliphatic heterocycles. The Labute approximate surface area is 361 Å². The number of aryl methyl sites for hydroxylation is 4. The number of benzene rings is 1. The molecule has 5 N–H and O–H groups in total. The number of carbonyl (C=O) groups is 2. The number of H-pyrrole nitrogens is 1. The van der Waals surface area contributed by atoms with Crippen LogP contribution in [0, 0.1) is 37.4 Å². The fraction of sp³-hybridized carbons (Fsp3) is 0.378. The van der Waals surface area contributed by atoms with Gasteiger partial charge in [-0.3, -0.25) is 14.4 Å². The Morgan fingerprint density at radius 2 is 1.80 bits per heavy atom. The highest BCUT2D eigenvalue weighted by Crippen LogP contribution is 2.36. The summed E-state index contributed by atoms with van der Waals surface area (Å²) in [6, 6.07) is 15.8. The predicted octanol–water partition coefficient (Wildman–Crippen LogP) is 6.63. The summed E-state index contributed by atoms with van der Waals surface area (Å²) < 4.78 is 1.61. The van der Waals surface area contributed by atoms with E-state index in [1.807, 2.05) is 39.0 Å². The lowest BCUT2D eigenvalue weighted by atomic mass is 9.87. The van der Waals surface area contributed by atoms with Crippen molar-refractivity contribution in [3.05, 3.63) is 101 Å². The molecule has 7 heterocycles. The smallest absolute Gasteiger partial charge is 0.296 e. The van der Waals surface area contributed by atoms with Gasteiger partial charge in [0.05, 0.1) is 16.6 Å². The molecule has 60 heavy (non-hydrogen) atoms. The molecule has 0 radical (unpaired) electrons. The van der Waals surface area contributed by atoms with Crippen molar-refractivity contribution in [3.8, 4) is 17.7 Å². The number of carbonyl (C=O) groups excluding carboxylic acids is 2. The van der Waals surface area contributed by atoms with Crippen LogP contribution in [0.2, 0.25) is 0 Å². The molecule has 12 nitrogen and oxygen atoms in total. The predicted molar refractivity (Wildman–Crippen MR) is 244 cm³/mol. The van der Waals surface area contributed by atoms with Gasteiger partial charge < -0.3 is 31.2 Å². The Balaban J connectivity index is 0.803. The summed E-state index contributed by atoms with van der Waals surface area (Å²) in [4.78, 5) is 58.1. The summed E-state index contributed by atoms with van der Waals surface area (Å²) in [5.74, 6) is 5.55. The highest BCUT2D eigenvalue weighted by Gasteiger charge is 2.33. The van der Waals surface area contributed by atoms with Gasteiger partial charge in [0.25, 0.3) is 17.4 Å². The first-order valence-corrected chi connectivity index (χ1v) is 22.7. The molecule has 2 amide bonds. The molecule has 5 aromatic heterocycles. The third-order valence-corrected chi connectivity index (χ3v) is 14.2. The number of hydrogen-bond donors (Lipinski definition) is 5. The fourth-order valence-electron chi connectivity index (χ4n) is 8.75. The Morgan fingerprint density at radius 1 is 0.983 bits per heavy atom. The molecular weight excluding hydrogens is 811 g/mol. The van der Waals surface area contributed by atoms with Crippen molar-refractivity contribution in [2.75, 3.05) is 36.4 Å². The second-order valence-corrected chi connectivity index (χ2v) is 18.8. The highest BCUT2D eigenvalue weighted by molar-refractivity contribution is 7.71. The van der Waals surface area contributed by atoms with Crippen LogP contribution in [0.4, 0.5) is 11.4 Å². The molecular formula is C45H47N9O3S3. The summed E-state index contributed by atoms with van der Waals surface area (Å²) in [6.45, 7) is 8.94. The molecule has 3 atom stereocenters. The fourth-order valence-corrected chi connectivity index (χ4v) is 11.2. The minimum Gasteiger partial charge on any atom is -0.383 e. The van der Waals surface area contributed by atoms with Crippen LogP contribution in [0.25, 0.3) is 26.3 Å². The molecule has 2 fully saturated rings. The monoisotopic (exact) mass is 857 g/mol. The van der Waals surface area contributed by atoms with E-state index in [1.165, 1.54) is 56.9 Å². The topological polar surface area (TPSA) is 149 Å². The molecule has 0 spiro atoms. The van der Waals surface area contributed by atoms with Gasteiger partial charge in [0.1, 0.15) is 20.4 Å². The van der Waals surface area contributed by atoms with Crippen molar-refractivity contribution >= 4 is 78.5 Å². The van der Waals surface area contributed by atoms with Crippen LogP contribution in [0.15, 0.2) is 53.5 Å². The van der Waals surface area contributed by atoms with E-state index in [0.717, 1.165) is 70.8 Å². The van der Waals surface area contributed by atoms with Gasteiger partial charge >= 0.3 is 0 Å². The molecule has 2 bridgehead atoms. The largest absolute Gasteiger partial charge is 0.383 e.